The fourth-order valence-corrected chi connectivity index (χ4v) is 4.70. The van der Waals surface area contributed by atoms with Gasteiger partial charge in [0.05, 0.1) is 28.6 Å². The van der Waals surface area contributed by atoms with Gasteiger partial charge in [0, 0.05) is 17.5 Å². The van der Waals surface area contributed by atoms with Crippen LogP contribution in [0.2, 0.25) is 0 Å². The Kier molecular flexibility index (Phi) is 6.80. The lowest BCUT2D eigenvalue weighted by molar-refractivity contribution is -0.115. The summed E-state index contributed by atoms with van der Waals surface area (Å²) in [5, 5.41) is 6.67. The van der Waals surface area contributed by atoms with Crippen molar-refractivity contribution in [3.05, 3.63) is 59.3 Å². The van der Waals surface area contributed by atoms with Crippen LogP contribution >= 0.6 is 0 Å². The number of aromatic nitrogens is 1. The number of hydrogen-bond acceptors (Lipinski definition) is 6. The summed E-state index contributed by atoms with van der Waals surface area (Å²) in [6.07, 6.45) is -0.174. The van der Waals surface area contributed by atoms with E-state index in [1.165, 1.54) is 0 Å². The van der Waals surface area contributed by atoms with Crippen molar-refractivity contribution in [3.8, 4) is 17.1 Å². The zero-order valence-corrected chi connectivity index (χ0v) is 18.9. The Bertz CT molecular complexity index is 1200. The van der Waals surface area contributed by atoms with Crippen molar-refractivity contribution in [1.82, 2.24) is 5.16 Å². The van der Waals surface area contributed by atoms with Gasteiger partial charge in [0.25, 0.3) is 0 Å². The van der Waals surface area contributed by atoms with E-state index >= 15 is 0 Å². The number of aryl methyl sites for hydroxylation is 2. The summed E-state index contributed by atoms with van der Waals surface area (Å²) in [6.45, 7) is 7.74. The first kappa shape index (κ1) is 22.6. The van der Waals surface area contributed by atoms with Crippen molar-refractivity contribution in [1.29, 1.82) is 0 Å². The zero-order chi connectivity index (χ0) is 22.6. The Morgan fingerprint density at radius 2 is 1.87 bits per heavy atom. The molecule has 0 aliphatic rings. The molecule has 3 aromatic rings. The number of amides is 1. The number of nitrogens with one attached hydrogen (secondary N) is 1. The fraction of sp³-hybridized carbons (Fsp3) is 0.304. The molecule has 1 N–H and O–H groups in total. The quantitative estimate of drug-likeness (QED) is 0.553. The van der Waals surface area contributed by atoms with Crippen LogP contribution in [0.4, 0.5) is 5.69 Å². The number of anilines is 1. The highest BCUT2D eigenvalue weighted by atomic mass is 32.2. The molecule has 0 radical (unpaired) electrons. The molecule has 0 aliphatic heterocycles. The Balaban J connectivity index is 1.76. The van der Waals surface area contributed by atoms with Crippen molar-refractivity contribution in [2.24, 2.45) is 0 Å². The number of benzene rings is 2. The fourth-order valence-electron chi connectivity index (χ4n) is 3.16. The molecule has 0 spiro atoms. The number of carbonyl (C=O) groups is 1. The molecule has 0 fully saturated rings. The molecule has 164 valence electrons. The molecule has 8 heteroatoms. The third-order valence-electron chi connectivity index (χ3n) is 5.00. The van der Waals surface area contributed by atoms with Gasteiger partial charge in [-0.05, 0) is 51.5 Å². The van der Waals surface area contributed by atoms with Crippen LogP contribution in [0.25, 0.3) is 11.3 Å². The maximum Gasteiger partial charge on any atom is 0.225 e. The number of hydrogen-bond donors (Lipinski definition) is 1. The van der Waals surface area contributed by atoms with Gasteiger partial charge >= 0.3 is 0 Å². The van der Waals surface area contributed by atoms with Crippen LogP contribution in [-0.4, -0.2) is 31.8 Å². The minimum Gasteiger partial charge on any atom is -0.492 e. The lowest BCUT2D eigenvalue weighted by atomic mass is 10.1. The normalized spacial score (nSPS) is 11.4. The number of nitrogens with zero attached hydrogens (tertiary/aromatic N) is 1. The van der Waals surface area contributed by atoms with Crippen molar-refractivity contribution >= 4 is 21.4 Å². The van der Waals surface area contributed by atoms with Crippen LogP contribution in [0.15, 0.2) is 51.9 Å². The molecule has 2 aromatic carbocycles. The largest absolute Gasteiger partial charge is 0.492 e. The predicted octanol–water partition coefficient (Wildman–Crippen LogP) is 4.47. The highest BCUT2D eigenvalue weighted by Gasteiger charge is 2.21. The maximum absolute atomic E-state index is 13.0. The van der Waals surface area contributed by atoms with Crippen LogP contribution in [-0.2, 0) is 14.6 Å². The van der Waals surface area contributed by atoms with Gasteiger partial charge in [-0.1, -0.05) is 29.4 Å². The van der Waals surface area contributed by atoms with Crippen LogP contribution in [0.3, 0.4) is 0 Å². The van der Waals surface area contributed by atoms with Gasteiger partial charge in [0.2, 0.25) is 5.91 Å². The Labute approximate surface area is 182 Å². The van der Waals surface area contributed by atoms with E-state index in [9.17, 15) is 13.2 Å². The van der Waals surface area contributed by atoms with E-state index in [1.54, 1.807) is 49.4 Å². The van der Waals surface area contributed by atoms with Crippen LogP contribution in [0.1, 0.15) is 30.2 Å². The SMILES string of the molecule is CCOc1ccccc1NC(=O)CCS(=O)(=O)c1cc(-c2onc(C)c2C)ccc1C. The Hall–Kier alpha value is -3.13. The van der Waals surface area contributed by atoms with Crippen LogP contribution in [0.5, 0.6) is 5.75 Å². The number of rotatable bonds is 8. The van der Waals surface area contributed by atoms with E-state index in [4.69, 9.17) is 9.26 Å². The van der Waals surface area contributed by atoms with Crippen molar-refractivity contribution in [2.75, 3.05) is 17.7 Å². The monoisotopic (exact) mass is 442 g/mol. The van der Waals surface area contributed by atoms with Gasteiger partial charge in [-0.15, -0.1) is 0 Å². The molecule has 3 rings (SSSR count). The molecule has 1 heterocycles. The lowest BCUT2D eigenvalue weighted by Crippen LogP contribution is -2.18. The molecule has 0 atom stereocenters. The molecule has 0 saturated carbocycles. The summed E-state index contributed by atoms with van der Waals surface area (Å²) < 4.78 is 36.9. The number of carbonyl (C=O) groups excluding carboxylic acids is 1. The first-order valence-corrected chi connectivity index (χ1v) is 11.7. The van der Waals surface area contributed by atoms with E-state index in [0.717, 1.165) is 11.3 Å². The first-order valence-electron chi connectivity index (χ1n) is 10.0. The average molecular weight is 443 g/mol. The standard InChI is InChI=1S/C23H26N2O5S/c1-5-29-20-9-7-6-8-19(20)24-22(26)12-13-31(27,28)21-14-18(11-10-15(21)2)23-16(3)17(4)25-30-23/h6-11,14H,5,12-13H2,1-4H3,(H,24,26). The van der Waals surface area contributed by atoms with Crippen molar-refractivity contribution in [3.63, 3.8) is 0 Å². The highest BCUT2D eigenvalue weighted by molar-refractivity contribution is 7.91. The van der Waals surface area contributed by atoms with Crippen LogP contribution in [0, 0.1) is 20.8 Å². The second kappa shape index (κ2) is 9.34. The molecule has 1 amide bonds. The van der Waals surface area contributed by atoms with E-state index in [1.807, 2.05) is 20.8 Å². The minimum atomic E-state index is -3.69. The van der Waals surface area contributed by atoms with E-state index in [2.05, 4.69) is 10.5 Å². The van der Waals surface area contributed by atoms with E-state index < -0.39 is 15.7 Å². The smallest absolute Gasteiger partial charge is 0.225 e. The average Bonchev–Trinajstić information content (AvgIpc) is 3.07. The summed E-state index contributed by atoms with van der Waals surface area (Å²) >= 11 is 0. The molecule has 31 heavy (non-hydrogen) atoms. The maximum atomic E-state index is 13.0. The summed E-state index contributed by atoms with van der Waals surface area (Å²) in [4.78, 5) is 12.6. The van der Waals surface area contributed by atoms with Gasteiger partial charge in [0.15, 0.2) is 15.6 Å². The van der Waals surface area contributed by atoms with Gasteiger partial charge in [-0.25, -0.2) is 8.42 Å². The second-order valence-corrected chi connectivity index (χ2v) is 9.33. The number of sulfone groups is 1. The topological polar surface area (TPSA) is 98.5 Å². The van der Waals surface area contributed by atoms with Gasteiger partial charge in [-0.2, -0.15) is 0 Å². The van der Waals surface area contributed by atoms with Gasteiger partial charge in [0.1, 0.15) is 5.75 Å². The zero-order valence-electron chi connectivity index (χ0n) is 18.1. The first-order chi connectivity index (χ1) is 14.7. The molecule has 0 unspecified atom stereocenters. The Morgan fingerprint density at radius 1 is 1.13 bits per heavy atom. The number of ether oxygens (including phenoxy) is 1. The van der Waals surface area contributed by atoms with E-state index in [0.29, 0.717) is 34.9 Å². The second-order valence-electron chi connectivity index (χ2n) is 7.25. The van der Waals surface area contributed by atoms with Gasteiger partial charge in [-0.3, -0.25) is 4.79 Å². The van der Waals surface area contributed by atoms with Crippen molar-refractivity contribution in [2.45, 2.75) is 39.0 Å². The summed E-state index contributed by atoms with van der Waals surface area (Å²) in [5.74, 6) is 0.377. The van der Waals surface area contributed by atoms with E-state index in [-0.39, 0.29) is 17.1 Å². The number of para-hydroxylation sites is 2. The highest BCUT2D eigenvalue weighted by Crippen LogP contribution is 2.30. The summed E-state index contributed by atoms with van der Waals surface area (Å²) in [5.41, 5.74) is 3.38. The van der Waals surface area contributed by atoms with Crippen molar-refractivity contribution < 1.29 is 22.5 Å². The third-order valence-corrected chi connectivity index (χ3v) is 6.85. The van der Waals surface area contributed by atoms with Crippen LogP contribution < -0.4 is 10.1 Å². The third kappa shape index (κ3) is 5.14. The molecular weight excluding hydrogens is 416 g/mol. The lowest BCUT2D eigenvalue weighted by Gasteiger charge is -2.12. The summed E-state index contributed by atoms with van der Waals surface area (Å²) in [7, 11) is -3.69. The Morgan fingerprint density at radius 3 is 2.55 bits per heavy atom. The molecule has 0 bridgehead atoms. The predicted molar refractivity (Wildman–Crippen MR) is 119 cm³/mol. The summed E-state index contributed by atoms with van der Waals surface area (Å²) in [6, 6.07) is 12.2. The molecule has 0 aliphatic carbocycles. The molecule has 0 saturated heterocycles. The minimum absolute atomic E-state index is 0.174. The van der Waals surface area contributed by atoms with Gasteiger partial charge < -0.3 is 14.6 Å². The molecular formula is C23H26N2O5S. The molecule has 7 nitrogen and oxygen atoms in total. The molecule has 1 aromatic heterocycles.